The summed E-state index contributed by atoms with van der Waals surface area (Å²) in [4.78, 5) is 30.9. The molecule has 0 aliphatic heterocycles. The Balaban J connectivity index is 0.000000171. The number of aromatic nitrogens is 8. The van der Waals surface area contributed by atoms with E-state index in [0.29, 0.717) is 34.0 Å². The molecule has 156 valence electrons. The number of fused-ring (bicyclic) bond motifs is 2. The van der Waals surface area contributed by atoms with Crippen LogP contribution < -0.4 is 11.5 Å². The molecule has 0 unspecified atom stereocenters. The van der Waals surface area contributed by atoms with Gasteiger partial charge in [-0.25, -0.2) is 29.9 Å². The highest BCUT2D eigenvalue weighted by atomic mass is 15.1. The number of imidazole rings is 2. The van der Waals surface area contributed by atoms with Crippen molar-refractivity contribution in [2.45, 2.75) is 39.5 Å². The van der Waals surface area contributed by atoms with Crippen LogP contribution in [-0.4, -0.2) is 39.9 Å². The molecule has 0 spiro atoms. The SMILES string of the molecule is C=C(C)CCc1nc(N)c2[nH]cnc2n1.C=C(C)CCc1nc(N)c2[nH]cnc2n1. The number of nitrogens with two attached hydrogens (primary N) is 2. The molecule has 0 amide bonds. The molecule has 0 aliphatic rings. The van der Waals surface area contributed by atoms with Crippen molar-refractivity contribution in [1.82, 2.24) is 39.9 Å². The number of anilines is 2. The molecule has 0 atom stereocenters. The topological polar surface area (TPSA) is 161 Å². The van der Waals surface area contributed by atoms with Gasteiger partial charge in [-0.3, -0.25) is 0 Å². The molecule has 6 N–H and O–H groups in total. The van der Waals surface area contributed by atoms with E-state index in [2.05, 4.69) is 53.0 Å². The highest BCUT2D eigenvalue weighted by molar-refractivity contribution is 5.81. The van der Waals surface area contributed by atoms with E-state index in [9.17, 15) is 0 Å². The zero-order chi connectivity index (χ0) is 21.7. The van der Waals surface area contributed by atoms with Crippen molar-refractivity contribution in [3.05, 3.63) is 48.6 Å². The van der Waals surface area contributed by atoms with Crippen LogP contribution in [0.5, 0.6) is 0 Å². The minimum absolute atomic E-state index is 0.453. The van der Waals surface area contributed by atoms with Gasteiger partial charge in [0.25, 0.3) is 0 Å². The summed E-state index contributed by atoms with van der Waals surface area (Å²) in [5.74, 6) is 2.34. The van der Waals surface area contributed by atoms with Crippen LogP contribution in [0.2, 0.25) is 0 Å². The number of hydrogen-bond acceptors (Lipinski definition) is 8. The van der Waals surface area contributed by atoms with Gasteiger partial charge in [-0.2, -0.15) is 0 Å². The highest BCUT2D eigenvalue weighted by Crippen LogP contribution is 2.15. The van der Waals surface area contributed by atoms with E-state index in [1.807, 2.05) is 13.8 Å². The van der Waals surface area contributed by atoms with Gasteiger partial charge >= 0.3 is 0 Å². The van der Waals surface area contributed by atoms with Crippen molar-refractivity contribution in [2.24, 2.45) is 0 Å². The molecule has 0 aliphatic carbocycles. The van der Waals surface area contributed by atoms with Crippen LogP contribution in [0.3, 0.4) is 0 Å². The molecule has 0 radical (unpaired) electrons. The average Bonchev–Trinajstić information content (AvgIpc) is 3.35. The van der Waals surface area contributed by atoms with Gasteiger partial charge in [0.2, 0.25) is 0 Å². The van der Waals surface area contributed by atoms with Crippen LogP contribution in [0.1, 0.15) is 38.3 Å². The number of aryl methyl sites for hydroxylation is 2. The maximum absolute atomic E-state index is 5.76. The van der Waals surface area contributed by atoms with Crippen molar-refractivity contribution in [3.63, 3.8) is 0 Å². The molecule has 0 saturated heterocycles. The monoisotopic (exact) mass is 406 g/mol. The Morgan fingerprint density at radius 3 is 1.53 bits per heavy atom. The summed E-state index contributed by atoms with van der Waals surface area (Å²) in [6.07, 6.45) is 6.38. The van der Waals surface area contributed by atoms with Crippen LogP contribution in [0.4, 0.5) is 11.6 Å². The Kier molecular flexibility index (Phi) is 6.35. The Hall–Kier alpha value is -3.82. The van der Waals surface area contributed by atoms with Gasteiger partial charge in [-0.05, 0) is 26.7 Å². The molecule has 0 saturated carbocycles. The molecule has 4 aromatic rings. The lowest BCUT2D eigenvalue weighted by Crippen LogP contribution is -2.01. The quantitative estimate of drug-likeness (QED) is 0.355. The number of nitrogens with one attached hydrogen (secondary N) is 2. The van der Waals surface area contributed by atoms with E-state index in [-0.39, 0.29) is 0 Å². The van der Waals surface area contributed by atoms with E-state index in [1.165, 1.54) is 0 Å². The third kappa shape index (κ3) is 5.16. The van der Waals surface area contributed by atoms with Crippen LogP contribution in [0.25, 0.3) is 22.3 Å². The first-order valence-corrected chi connectivity index (χ1v) is 9.53. The van der Waals surface area contributed by atoms with Gasteiger partial charge in [0.15, 0.2) is 22.9 Å². The standard InChI is InChI=1S/2C10H13N5/c2*1-6(2)3-4-7-14-9(11)8-10(15-7)13-5-12-8/h2*5H,1,3-4H2,2H3,(H3,11,12,13,14,15). The van der Waals surface area contributed by atoms with E-state index < -0.39 is 0 Å². The first-order valence-electron chi connectivity index (χ1n) is 9.53. The molecule has 10 nitrogen and oxygen atoms in total. The smallest absolute Gasteiger partial charge is 0.183 e. The molecular formula is C20H26N10. The first-order chi connectivity index (χ1) is 14.3. The number of nitrogen functional groups attached to an aromatic ring is 2. The van der Waals surface area contributed by atoms with Gasteiger partial charge in [0, 0.05) is 12.8 Å². The average molecular weight is 406 g/mol. The predicted molar refractivity (Wildman–Crippen MR) is 118 cm³/mol. The molecule has 4 aromatic heterocycles. The predicted octanol–water partition coefficient (Wildman–Crippen LogP) is 2.89. The molecule has 4 rings (SSSR count). The lowest BCUT2D eigenvalue weighted by Gasteiger charge is -2.01. The minimum atomic E-state index is 0.453. The highest BCUT2D eigenvalue weighted by Gasteiger charge is 2.07. The van der Waals surface area contributed by atoms with Crippen LogP contribution in [0, 0.1) is 0 Å². The van der Waals surface area contributed by atoms with Gasteiger partial charge in [0.05, 0.1) is 12.7 Å². The third-order valence-corrected chi connectivity index (χ3v) is 4.27. The summed E-state index contributed by atoms with van der Waals surface area (Å²) in [6.45, 7) is 11.6. The maximum Gasteiger partial charge on any atom is 0.183 e. The van der Waals surface area contributed by atoms with Crippen LogP contribution >= 0.6 is 0 Å². The van der Waals surface area contributed by atoms with E-state index in [1.54, 1.807) is 12.7 Å². The zero-order valence-corrected chi connectivity index (χ0v) is 17.2. The van der Waals surface area contributed by atoms with Crippen molar-refractivity contribution in [3.8, 4) is 0 Å². The van der Waals surface area contributed by atoms with Gasteiger partial charge in [-0.15, -0.1) is 13.2 Å². The first kappa shape index (κ1) is 20.9. The number of nitrogens with zero attached hydrogens (tertiary/aromatic N) is 6. The van der Waals surface area contributed by atoms with Crippen molar-refractivity contribution in [1.29, 1.82) is 0 Å². The second kappa shape index (κ2) is 9.12. The fourth-order valence-electron chi connectivity index (χ4n) is 2.68. The molecule has 10 heteroatoms. The molecular weight excluding hydrogens is 380 g/mol. The molecule has 30 heavy (non-hydrogen) atoms. The number of rotatable bonds is 6. The Morgan fingerprint density at radius 1 is 0.767 bits per heavy atom. The van der Waals surface area contributed by atoms with Crippen LogP contribution in [0.15, 0.2) is 37.0 Å². The summed E-state index contributed by atoms with van der Waals surface area (Å²) in [5.41, 5.74) is 16.4. The Bertz CT molecular complexity index is 1090. The lowest BCUT2D eigenvalue weighted by atomic mass is 10.2. The maximum atomic E-state index is 5.76. The molecule has 0 bridgehead atoms. The largest absolute Gasteiger partial charge is 0.382 e. The van der Waals surface area contributed by atoms with Crippen molar-refractivity contribution in [2.75, 3.05) is 11.5 Å². The van der Waals surface area contributed by atoms with E-state index >= 15 is 0 Å². The fourth-order valence-corrected chi connectivity index (χ4v) is 2.68. The second-order valence-electron chi connectivity index (χ2n) is 7.17. The summed E-state index contributed by atoms with van der Waals surface area (Å²) >= 11 is 0. The molecule has 0 fully saturated rings. The summed E-state index contributed by atoms with van der Waals surface area (Å²) in [6, 6.07) is 0. The van der Waals surface area contributed by atoms with Crippen molar-refractivity contribution < 1.29 is 0 Å². The van der Waals surface area contributed by atoms with E-state index in [0.717, 1.165) is 48.5 Å². The molecule has 4 heterocycles. The van der Waals surface area contributed by atoms with Crippen LogP contribution in [-0.2, 0) is 12.8 Å². The van der Waals surface area contributed by atoms with Crippen molar-refractivity contribution >= 4 is 34.0 Å². The summed E-state index contributed by atoms with van der Waals surface area (Å²) in [7, 11) is 0. The second-order valence-corrected chi connectivity index (χ2v) is 7.17. The van der Waals surface area contributed by atoms with Gasteiger partial charge < -0.3 is 21.4 Å². The number of aromatic amines is 2. The van der Waals surface area contributed by atoms with Gasteiger partial charge in [-0.1, -0.05) is 11.1 Å². The molecule has 0 aromatic carbocycles. The summed E-state index contributed by atoms with van der Waals surface area (Å²) < 4.78 is 0. The number of hydrogen-bond donors (Lipinski definition) is 4. The van der Waals surface area contributed by atoms with Gasteiger partial charge in [0.1, 0.15) is 22.7 Å². The fraction of sp³-hybridized carbons (Fsp3) is 0.300. The third-order valence-electron chi connectivity index (χ3n) is 4.27. The number of H-pyrrole nitrogens is 2. The summed E-state index contributed by atoms with van der Waals surface area (Å²) in [5, 5.41) is 0. The van der Waals surface area contributed by atoms with E-state index in [4.69, 9.17) is 11.5 Å². The Morgan fingerprint density at radius 2 is 1.17 bits per heavy atom. The minimum Gasteiger partial charge on any atom is -0.382 e. The number of allylic oxidation sites excluding steroid dienone is 2. The normalized spacial score (nSPS) is 10.7. The lowest BCUT2D eigenvalue weighted by molar-refractivity contribution is 0.862. The zero-order valence-electron chi connectivity index (χ0n) is 17.2. The Labute approximate surface area is 174 Å².